The number of aryl methyl sites for hydroxylation is 1. The maximum absolute atomic E-state index is 14.1. The maximum atomic E-state index is 14.1. The third-order valence-electron chi connectivity index (χ3n) is 3.08. The fraction of sp³-hybridized carbons (Fsp3) is 0.538. The SMILES string of the molecule is CC(C)(N)C(F)(F)c1ccc2c(c1)CCCO2. The van der Waals surface area contributed by atoms with Crippen LogP contribution in [0.5, 0.6) is 5.75 Å². The second-order valence-electron chi connectivity index (χ2n) is 5.07. The molecule has 0 unspecified atom stereocenters. The summed E-state index contributed by atoms with van der Waals surface area (Å²) in [6, 6.07) is 4.53. The molecule has 1 heterocycles. The fourth-order valence-corrected chi connectivity index (χ4v) is 1.93. The van der Waals surface area contributed by atoms with Gasteiger partial charge in [-0.1, -0.05) is 0 Å². The molecule has 0 amide bonds. The number of nitrogens with two attached hydrogens (primary N) is 1. The molecule has 2 nitrogen and oxygen atoms in total. The van der Waals surface area contributed by atoms with Crippen molar-refractivity contribution in [1.29, 1.82) is 0 Å². The highest BCUT2D eigenvalue weighted by atomic mass is 19.3. The summed E-state index contributed by atoms with van der Waals surface area (Å²) in [6.07, 6.45) is 1.65. The van der Waals surface area contributed by atoms with Crippen LogP contribution in [0.3, 0.4) is 0 Å². The Kier molecular flexibility index (Phi) is 2.86. The van der Waals surface area contributed by atoms with E-state index in [1.54, 1.807) is 6.07 Å². The molecule has 2 N–H and O–H groups in total. The zero-order chi connectivity index (χ0) is 12.7. The predicted molar refractivity (Wildman–Crippen MR) is 62.4 cm³/mol. The quantitative estimate of drug-likeness (QED) is 0.864. The van der Waals surface area contributed by atoms with Crippen molar-refractivity contribution in [2.75, 3.05) is 6.61 Å². The molecule has 0 aliphatic carbocycles. The average Bonchev–Trinajstić information content (AvgIpc) is 2.27. The van der Waals surface area contributed by atoms with Crippen LogP contribution >= 0.6 is 0 Å². The van der Waals surface area contributed by atoms with Gasteiger partial charge in [-0.25, -0.2) is 0 Å². The highest BCUT2D eigenvalue weighted by Gasteiger charge is 2.45. The molecular formula is C13H17F2NO. The summed E-state index contributed by atoms with van der Waals surface area (Å²) in [5, 5.41) is 0. The molecule has 0 aromatic heterocycles. The monoisotopic (exact) mass is 241 g/mol. The number of hydrogen-bond acceptors (Lipinski definition) is 2. The van der Waals surface area contributed by atoms with Crippen LogP contribution in [0, 0.1) is 0 Å². The number of hydrogen-bond donors (Lipinski definition) is 1. The van der Waals surface area contributed by atoms with Gasteiger partial charge >= 0.3 is 0 Å². The van der Waals surface area contributed by atoms with Crippen LogP contribution in [0.25, 0.3) is 0 Å². The Balaban J connectivity index is 2.40. The van der Waals surface area contributed by atoms with Gasteiger partial charge in [-0.2, -0.15) is 8.78 Å². The van der Waals surface area contributed by atoms with Crippen molar-refractivity contribution >= 4 is 0 Å². The molecule has 1 aliphatic heterocycles. The van der Waals surface area contributed by atoms with E-state index in [2.05, 4.69) is 0 Å². The summed E-state index contributed by atoms with van der Waals surface area (Å²) < 4.78 is 33.5. The number of alkyl halides is 2. The molecular weight excluding hydrogens is 224 g/mol. The smallest absolute Gasteiger partial charge is 0.290 e. The van der Waals surface area contributed by atoms with Crippen LogP contribution in [-0.2, 0) is 12.3 Å². The first-order chi connectivity index (χ1) is 7.82. The minimum atomic E-state index is -3.04. The van der Waals surface area contributed by atoms with Crippen LogP contribution in [0.1, 0.15) is 31.4 Å². The largest absolute Gasteiger partial charge is 0.493 e. The highest BCUT2D eigenvalue weighted by molar-refractivity contribution is 5.40. The summed E-state index contributed by atoms with van der Waals surface area (Å²) in [7, 11) is 0. The van der Waals surface area contributed by atoms with Gasteiger partial charge < -0.3 is 10.5 Å². The molecule has 1 aromatic carbocycles. The van der Waals surface area contributed by atoms with E-state index >= 15 is 0 Å². The average molecular weight is 241 g/mol. The standard InChI is InChI=1S/C13H17F2NO/c1-12(2,16)13(14,15)10-5-6-11-9(8-10)4-3-7-17-11/h5-6,8H,3-4,7,16H2,1-2H3. The number of halogens is 2. The Morgan fingerprint density at radius 2 is 2.00 bits per heavy atom. The summed E-state index contributed by atoms with van der Waals surface area (Å²) in [4.78, 5) is 0. The van der Waals surface area contributed by atoms with Crippen molar-refractivity contribution in [3.05, 3.63) is 29.3 Å². The van der Waals surface area contributed by atoms with Gasteiger partial charge in [0.1, 0.15) is 5.75 Å². The lowest BCUT2D eigenvalue weighted by molar-refractivity contribution is -0.0673. The van der Waals surface area contributed by atoms with E-state index in [4.69, 9.17) is 10.5 Å². The maximum Gasteiger partial charge on any atom is 0.290 e. The lowest BCUT2D eigenvalue weighted by Gasteiger charge is -2.31. The van der Waals surface area contributed by atoms with Gasteiger partial charge in [-0.3, -0.25) is 0 Å². The zero-order valence-corrected chi connectivity index (χ0v) is 10.1. The molecule has 0 saturated carbocycles. The summed E-state index contributed by atoms with van der Waals surface area (Å²) in [5.74, 6) is -2.33. The first kappa shape index (κ1) is 12.3. The zero-order valence-electron chi connectivity index (χ0n) is 10.1. The highest BCUT2D eigenvalue weighted by Crippen LogP contribution is 2.39. The number of rotatable bonds is 2. The molecule has 0 saturated heterocycles. The Morgan fingerprint density at radius 3 is 2.65 bits per heavy atom. The molecule has 0 atom stereocenters. The molecule has 2 rings (SSSR count). The first-order valence-corrected chi connectivity index (χ1v) is 5.75. The molecule has 17 heavy (non-hydrogen) atoms. The van der Waals surface area contributed by atoms with Gasteiger partial charge in [0.25, 0.3) is 5.92 Å². The van der Waals surface area contributed by atoms with Crippen LogP contribution in [0.4, 0.5) is 8.78 Å². The van der Waals surface area contributed by atoms with E-state index in [0.29, 0.717) is 12.4 Å². The van der Waals surface area contributed by atoms with Crippen LogP contribution in [-0.4, -0.2) is 12.1 Å². The molecule has 0 spiro atoms. The number of ether oxygens (including phenoxy) is 1. The predicted octanol–water partition coefficient (Wildman–Crippen LogP) is 2.84. The van der Waals surface area contributed by atoms with Crippen molar-refractivity contribution in [2.45, 2.75) is 38.2 Å². The molecule has 1 aliphatic rings. The van der Waals surface area contributed by atoms with Crippen molar-refractivity contribution in [3.63, 3.8) is 0 Å². The van der Waals surface area contributed by atoms with E-state index < -0.39 is 11.5 Å². The molecule has 94 valence electrons. The van der Waals surface area contributed by atoms with Crippen molar-refractivity contribution in [3.8, 4) is 5.75 Å². The lowest BCUT2D eigenvalue weighted by atomic mass is 9.89. The molecule has 0 fully saturated rings. The fourth-order valence-electron chi connectivity index (χ4n) is 1.93. The van der Waals surface area contributed by atoms with E-state index in [1.165, 1.54) is 26.0 Å². The minimum absolute atomic E-state index is 0.0331. The Hall–Kier alpha value is -1.16. The summed E-state index contributed by atoms with van der Waals surface area (Å²) in [6.45, 7) is 3.33. The molecule has 0 bridgehead atoms. The Bertz CT molecular complexity index is 424. The van der Waals surface area contributed by atoms with E-state index in [9.17, 15) is 8.78 Å². The van der Waals surface area contributed by atoms with Gasteiger partial charge in [0.2, 0.25) is 0 Å². The lowest BCUT2D eigenvalue weighted by Crippen LogP contribution is -2.48. The van der Waals surface area contributed by atoms with Gasteiger partial charge in [-0.15, -0.1) is 0 Å². The van der Waals surface area contributed by atoms with Crippen LogP contribution in [0.2, 0.25) is 0 Å². The Morgan fingerprint density at radius 1 is 1.29 bits per heavy atom. The van der Waals surface area contributed by atoms with E-state index in [1.807, 2.05) is 0 Å². The normalized spacial score (nSPS) is 16.3. The molecule has 1 aromatic rings. The number of benzene rings is 1. The van der Waals surface area contributed by atoms with Crippen molar-refractivity contribution in [2.24, 2.45) is 5.73 Å². The third kappa shape index (κ3) is 2.14. The van der Waals surface area contributed by atoms with E-state index in [-0.39, 0.29) is 5.56 Å². The van der Waals surface area contributed by atoms with Gasteiger partial charge in [0.15, 0.2) is 0 Å². The topological polar surface area (TPSA) is 35.2 Å². The van der Waals surface area contributed by atoms with Gasteiger partial charge in [0, 0.05) is 5.56 Å². The molecule has 4 heteroatoms. The minimum Gasteiger partial charge on any atom is -0.493 e. The second-order valence-corrected chi connectivity index (χ2v) is 5.07. The second kappa shape index (κ2) is 3.95. The van der Waals surface area contributed by atoms with Crippen molar-refractivity contribution in [1.82, 2.24) is 0 Å². The van der Waals surface area contributed by atoms with Crippen LogP contribution in [0.15, 0.2) is 18.2 Å². The third-order valence-corrected chi connectivity index (χ3v) is 3.08. The van der Waals surface area contributed by atoms with Crippen LogP contribution < -0.4 is 10.5 Å². The number of fused-ring (bicyclic) bond motifs is 1. The summed E-state index contributed by atoms with van der Waals surface area (Å²) in [5.41, 5.74) is 4.78. The summed E-state index contributed by atoms with van der Waals surface area (Å²) >= 11 is 0. The Labute approximate surface area is 99.8 Å². The first-order valence-electron chi connectivity index (χ1n) is 5.75. The van der Waals surface area contributed by atoms with Gasteiger partial charge in [-0.05, 0) is 50.5 Å². The van der Waals surface area contributed by atoms with Gasteiger partial charge in [0.05, 0.1) is 12.1 Å². The van der Waals surface area contributed by atoms with Crippen molar-refractivity contribution < 1.29 is 13.5 Å². The van der Waals surface area contributed by atoms with E-state index in [0.717, 1.165) is 18.4 Å². The molecule has 0 radical (unpaired) electrons.